The smallest absolute Gasteiger partial charge is 0.270 e. The molecule has 0 aromatic heterocycles. The molecule has 2 aromatic rings. The fourth-order valence-electron chi connectivity index (χ4n) is 1.88. The summed E-state index contributed by atoms with van der Waals surface area (Å²) < 4.78 is 0.631. The summed E-state index contributed by atoms with van der Waals surface area (Å²) in [6, 6.07) is 15.6. The standard InChI is InChI=1S/C17H16BrN3O3/c18-14-9-5-4-8-13(14)17(24)21-20-15(22)10-11-19-16(23)12-6-2-1-3-7-12/h1-9H,10-11H2,(H,19,23)(H,20,22)(H,21,24). The van der Waals surface area contributed by atoms with Crippen LogP contribution in [0.5, 0.6) is 0 Å². The van der Waals surface area contributed by atoms with Crippen molar-refractivity contribution in [3.05, 3.63) is 70.2 Å². The van der Waals surface area contributed by atoms with Crippen LogP contribution in [0.4, 0.5) is 0 Å². The van der Waals surface area contributed by atoms with Crippen molar-refractivity contribution in [3.8, 4) is 0 Å². The quantitative estimate of drug-likeness (QED) is 0.683. The van der Waals surface area contributed by atoms with Gasteiger partial charge in [-0.3, -0.25) is 25.2 Å². The molecule has 0 saturated heterocycles. The zero-order valence-electron chi connectivity index (χ0n) is 12.7. The van der Waals surface area contributed by atoms with E-state index in [1.165, 1.54) is 0 Å². The number of halogens is 1. The van der Waals surface area contributed by atoms with Crippen molar-refractivity contribution in [1.82, 2.24) is 16.2 Å². The predicted octanol–water partition coefficient (Wildman–Crippen LogP) is 2.03. The zero-order valence-corrected chi connectivity index (χ0v) is 14.3. The Morgan fingerprint density at radius 2 is 1.50 bits per heavy atom. The lowest BCUT2D eigenvalue weighted by atomic mass is 10.2. The first kappa shape index (κ1) is 17.7. The average molecular weight is 390 g/mol. The summed E-state index contributed by atoms with van der Waals surface area (Å²) in [5.74, 6) is -1.08. The Bertz CT molecular complexity index is 735. The van der Waals surface area contributed by atoms with Crippen molar-refractivity contribution >= 4 is 33.7 Å². The molecular weight excluding hydrogens is 374 g/mol. The van der Waals surface area contributed by atoms with Gasteiger partial charge in [-0.2, -0.15) is 0 Å². The van der Waals surface area contributed by atoms with E-state index in [1.54, 1.807) is 48.5 Å². The highest BCUT2D eigenvalue weighted by Crippen LogP contribution is 2.15. The maximum absolute atomic E-state index is 11.9. The van der Waals surface area contributed by atoms with Gasteiger partial charge in [0.1, 0.15) is 0 Å². The van der Waals surface area contributed by atoms with Gasteiger partial charge in [-0.15, -0.1) is 0 Å². The van der Waals surface area contributed by atoms with E-state index >= 15 is 0 Å². The van der Waals surface area contributed by atoms with E-state index in [4.69, 9.17) is 0 Å². The lowest BCUT2D eigenvalue weighted by Gasteiger charge is -2.09. The minimum Gasteiger partial charge on any atom is -0.352 e. The SMILES string of the molecule is O=C(CCNC(=O)c1ccccc1)NNC(=O)c1ccccc1Br. The monoisotopic (exact) mass is 389 g/mol. The Morgan fingerprint density at radius 3 is 2.21 bits per heavy atom. The van der Waals surface area contributed by atoms with E-state index in [2.05, 4.69) is 32.1 Å². The normalized spacial score (nSPS) is 9.88. The van der Waals surface area contributed by atoms with E-state index < -0.39 is 11.8 Å². The number of rotatable bonds is 5. The molecule has 124 valence electrons. The van der Waals surface area contributed by atoms with Crippen LogP contribution in [-0.4, -0.2) is 24.3 Å². The number of carbonyl (C=O) groups excluding carboxylic acids is 3. The van der Waals surface area contributed by atoms with Crippen LogP contribution in [0.15, 0.2) is 59.1 Å². The summed E-state index contributed by atoms with van der Waals surface area (Å²) in [4.78, 5) is 35.4. The third-order valence-corrected chi connectivity index (χ3v) is 3.80. The van der Waals surface area contributed by atoms with E-state index in [0.29, 0.717) is 15.6 Å². The molecule has 0 aliphatic rings. The Balaban J connectivity index is 1.71. The molecule has 0 spiro atoms. The van der Waals surface area contributed by atoms with Gasteiger partial charge in [-0.1, -0.05) is 30.3 Å². The summed E-state index contributed by atoms with van der Waals surface area (Å²) in [5.41, 5.74) is 5.58. The van der Waals surface area contributed by atoms with E-state index in [1.807, 2.05) is 6.07 Å². The summed E-state index contributed by atoms with van der Waals surface area (Å²) in [5, 5.41) is 2.64. The Kier molecular flexibility index (Phi) is 6.51. The second kappa shape index (κ2) is 8.83. The third kappa shape index (κ3) is 5.20. The van der Waals surface area contributed by atoms with Crippen LogP contribution < -0.4 is 16.2 Å². The minimum absolute atomic E-state index is 0.0504. The van der Waals surface area contributed by atoms with E-state index in [-0.39, 0.29) is 18.9 Å². The number of hydrazine groups is 1. The van der Waals surface area contributed by atoms with Gasteiger partial charge in [0.15, 0.2) is 0 Å². The number of nitrogens with one attached hydrogen (secondary N) is 3. The van der Waals surface area contributed by atoms with Crippen LogP contribution >= 0.6 is 15.9 Å². The van der Waals surface area contributed by atoms with Crippen molar-refractivity contribution in [2.45, 2.75) is 6.42 Å². The molecule has 2 rings (SSSR count). The first-order valence-electron chi connectivity index (χ1n) is 7.25. The Hall–Kier alpha value is -2.67. The van der Waals surface area contributed by atoms with Gasteiger partial charge in [-0.25, -0.2) is 0 Å². The summed E-state index contributed by atoms with van der Waals surface area (Å²) in [6.45, 7) is 0.171. The minimum atomic E-state index is -0.427. The van der Waals surface area contributed by atoms with Crippen molar-refractivity contribution in [3.63, 3.8) is 0 Å². The molecule has 0 aliphatic carbocycles. The van der Waals surface area contributed by atoms with Gasteiger partial charge in [-0.05, 0) is 40.2 Å². The molecule has 3 N–H and O–H groups in total. The van der Waals surface area contributed by atoms with Gasteiger partial charge < -0.3 is 5.32 Å². The van der Waals surface area contributed by atoms with Crippen LogP contribution in [0.1, 0.15) is 27.1 Å². The molecule has 0 fully saturated rings. The van der Waals surface area contributed by atoms with Crippen molar-refractivity contribution in [2.24, 2.45) is 0 Å². The van der Waals surface area contributed by atoms with Crippen LogP contribution in [0.25, 0.3) is 0 Å². The predicted molar refractivity (Wildman–Crippen MR) is 93.1 cm³/mol. The number of carbonyl (C=O) groups is 3. The third-order valence-electron chi connectivity index (χ3n) is 3.11. The topological polar surface area (TPSA) is 87.3 Å². The van der Waals surface area contributed by atoms with Gasteiger partial charge in [0.2, 0.25) is 5.91 Å². The molecule has 0 atom stereocenters. The van der Waals surface area contributed by atoms with Crippen molar-refractivity contribution in [2.75, 3.05) is 6.54 Å². The van der Waals surface area contributed by atoms with E-state index in [9.17, 15) is 14.4 Å². The number of hydrogen-bond donors (Lipinski definition) is 3. The lowest BCUT2D eigenvalue weighted by Crippen LogP contribution is -2.42. The number of amides is 3. The second-order valence-corrected chi connectivity index (χ2v) is 5.71. The molecule has 3 amide bonds. The highest BCUT2D eigenvalue weighted by atomic mass is 79.9. The maximum atomic E-state index is 11.9. The summed E-state index contributed by atoms with van der Waals surface area (Å²) in [7, 11) is 0. The molecular formula is C17H16BrN3O3. The van der Waals surface area contributed by atoms with Crippen LogP contribution in [0, 0.1) is 0 Å². The molecule has 0 unspecified atom stereocenters. The lowest BCUT2D eigenvalue weighted by molar-refractivity contribution is -0.121. The van der Waals surface area contributed by atoms with Gasteiger partial charge >= 0.3 is 0 Å². The first-order valence-corrected chi connectivity index (χ1v) is 8.04. The molecule has 0 saturated carbocycles. The van der Waals surface area contributed by atoms with Gasteiger partial charge in [0.05, 0.1) is 5.56 Å². The molecule has 0 radical (unpaired) electrons. The number of benzene rings is 2. The van der Waals surface area contributed by atoms with E-state index in [0.717, 1.165) is 0 Å². The maximum Gasteiger partial charge on any atom is 0.270 e. The Morgan fingerprint density at radius 1 is 0.833 bits per heavy atom. The highest BCUT2D eigenvalue weighted by Gasteiger charge is 2.10. The van der Waals surface area contributed by atoms with Crippen LogP contribution in [-0.2, 0) is 4.79 Å². The molecule has 0 heterocycles. The highest BCUT2D eigenvalue weighted by molar-refractivity contribution is 9.10. The number of hydrogen-bond acceptors (Lipinski definition) is 3. The largest absolute Gasteiger partial charge is 0.352 e. The zero-order chi connectivity index (χ0) is 17.4. The fourth-order valence-corrected chi connectivity index (χ4v) is 2.35. The average Bonchev–Trinajstić information content (AvgIpc) is 2.60. The van der Waals surface area contributed by atoms with Gasteiger partial charge in [0, 0.05) is 23.0 Å². The molecule has 2 aromatic carbocycles. The second-order valence-electron chi connectivity index (χ2n) is 4.85. The molecule has 24 heavy (non-hydrogen) atoms. The van der Waals surface area contributed by atoms with Crippen molar-refractivity contribution < 1.29 is 14.4 Å². The molecule has 0 bridgehead atoms. The van der Waals surface area contributed by atoms with Crippen LogP contribution in [0.2, 0.25) is 0 Å². The van der Waals surface area contributed by atoms with Crippen LogP contribution in [0.3, 0.4) is 0 Å². The molecule has 6 nitrogen and oxygen atoms in total. The van der Waals surface area contributed by atoms with Crippen molar-refractivity contribution in [1.29, 1.82) is 0 Å². The Labute approximate surface area is 147 Å². The summed E-state index contributed by atoms with van der Waals surface area (Å²) in [6.07, 6.45) is 0.0504. The molecule has 7 heteroatoms. The molecule has 0 aliphatic heterocycles. The fraction of sp³-hybridized carbons (Fsp3) is 0.118. The first-order chi connectivity index (χ1) is 11.6. The summed E-state index contributed by atoms with van der Waals surface area (Å²) >= 11 is 3.26. The van der Waals surface area contributed by atoms with Gasteiger partial charge in [0.25, 0.3) is 11.8 Å².